The third-order valence-corrected chi connectivity index (χ3v) is 2.76. The van der Waals surface area contributed by atoms with Gasteiger partial charge in [0.1, 0.15) is 11.4 Å². The van der Waals surface area contributed by atoms with Gasteiger partial charge in [0.2, 0.25) is 0 Å². The normalized spacial score (nSPS) is 11.2. The fourth-order valence-electron chi connectivity index (χ4n) is 1.59. The first-order chi connectivity index (χ1) is 9.33. The minimum Gasteiger partial charge on any atom is -0.488 e. The van der Waals surface area contributed by atoms with Crippen LogP contribution in [-0.2, 0) is 0 Å². The molecule has 0 aliphatic heterocycles. The Hall–Kier alpha value is -1.75. The second-order valence-corrected chi connectivity index (χ2v) is 6.08. The Kier molecular flexibility index (Phi) is 4.18. The number of ether oxygens (including phenoxy) is 1. The highest BCUT2D eigenvalue weighted by Crippen LogP contribution is 2.21. The molecule has 1 aromatic carbocycles. The number of nitrogens with one attached hydrogen (secondary N) is 1. The summed E-state index contributed by atoms with van der Waals surface area (Å²) in [6, 6.07) is 10.5. The third kappa shape index (κ3) is 4.13. The van der Waals surface area contributed by atoms with Gasteiger partial charge in [0.25, 0.3) is 5.91 Å². The zero-order chi connectivity index (χ0) is 14.8. The Bertz CT molecular complexity index is 596. The standard InChI is InChI=1S/C15H16BrNO3/c1-15(2,3)20-11-6-4-10(5-7-11)17-14(18)12-8-9-13(16)19-12/h4-9H,1-3H3,(H,17,18). The molecule has 1 aromatic heterocycles. The summed E-state index contributed by atoms with van der Waals surface area (Å²) < 4.78 is 11.4. The van der Waals surface area contributed by atoms with E-state index >= 15 is 0 Å². The zero-order valence-corrected chi connectivity index (χ0v) is 13.2. The maximum absolute atomic E-state index is 11.9. The van der Waals surface area contributed by atoms with Crippen molar-refractivity contribution in [3.05, 3.63) is 46.8 Å². The first-order valence-electron chi connectivity index (χ1n) is 6.19. The summed E-state index contributed by atoms with van der Waals surface area (Å²) in [5.74, 6) is 0.725. The van der Waals surface area contributed by atoms with Crippen LogP contribution in [0, 0.1) is 0 Å². The summed E-state index contributed by atoms with van der Waals surface area (Å²) in [7, 11) is 0. The fourth-order valence-corrected chi connectivity index (χ4v) is 1.90. The summed E-state index contributed by atoms with van der Waals surface area (Å²) in [6.45, 7) is 5.95. The number of hydrogen-bond acceptors (Lipinski definition) is 3. The van der Waals surface area contributed by atoms with Gasteiger partial charge in [-0.1, -0.05) is 0 Å². The molecule has 0 bridgehead atoms. The van der Waals surface area contributed by atoms with Crippen molar-refractivity contribution < 1.29 is 13.9 Å². The minimum atomic E-state index is -0.291. The molecule has 2 aromatic rings. The van der Waals surface area contributed by atoms with E-state index in [1.165, 1.54) is 0 Å². The van der Waals surface area contributed by atoms with Crippen LogP contribution < -0.4 is 10.1 Å². The molecule has 0 aliphatic carbocycles. The second kappa shape index (κ2) is 5.71. The summed E-state index contributed by atoms with van der Waals surface area (Å²) in [4.78, 5) is 11.9. The Labute approximate surface area is 126 Å². The number of hydrogen-bond donors (Lipinski definition) is 1. The van der Waals surface area contributed by atoms with Gasteiger partial charge in [0.15, 0.2) is 10.4 Å². The van der Waals surface area contributed by atoms with Crippen LogP contribution in [0.4, 0.5) is 5.69 Å². The molecule has 0 atom stereocenters. The molecule has 0 unspecified atom stereocenters. The smallest absolute Gasteiger partial charge is 0.291 e. The number of furan rings is 1. The molecule has 5 heteroatoms. The average Bonchev–Trinajstić information content (AvgIpc) is 2.77. The zero-order valence-electron chi connectivity index (χ0n) is 11.6. The summed E-state index contributed by atoms with van der Waals surface area (Å²) in [5.41, 5.74) is 0.439. The SMILES string of the molecule is CC(C)(C)Oc1ccc(NC(=O)c2ccc(Br)o2)cc1. The molecule has 20 heavy (non-hydrogen) atoms. The highest BCUT2D eigenvalue weighted by Gasteiger charge is 2.13. The quantitative estimate of drug-likeness (QED) is 0.898. The molecule has 106 valence electrons. The van der Waals surface area contributed by atoms with E-state index in [9.17, 15) is 4.79 Å². The topological polar surface area (TPSA) is 51.5 Å². The van der Waals surface area contributed by atoms with E-state index in [4.69, 9.17) is 9.15 Å². The first kappa shape index (κ1) is 14.7. The number of rotatable bonds is 3. The Morgan fingerprint density at radius 2 is 1.80 bits per heavy atom. The predicted molar refractivity (Wildman–Crippen MR) is 81.2 cm³/mol. The van der Waals surface area contributed by atoms with Crippen LogP contribution in [0.2, 0.25) is 0 Å². The van der Waals surface area contributed by atoms with Crippen LogP contribution in [0.5, 0.6) is 5.75 Å². The van der Waals surface area contributed by atoms with Crippen LogP contribution in [-0.4, -0.2) is 11.5 Å². The first-order valence-corrected chi connectivity index (χ1v) is 6.98. The van der Waals surface area contributed by atoms with Gasteiger partial charge in [-0.2, -0.15) is 0 Å². The molecule has 0 spiro atoms. The maximum Gasteiger partial charge on any atom is 0.291 e. The van der Waals surface area contributed by atoms with E-state index in [-0.39, 0.29) is 17.3 Å². The van der Waals surface area contributed by atoms with E-state index in [1.807, 2.05) is 32.9 Å². The largest absolute Gasteiger partial charge is 0.488 e. The maximum atomic E-state index is 11.9. The molecule has 0 saturated carbocycles. The summed E-state index contributed by atoms with van der Waals surface area (Å²) in [6.07, 6.45) is 0. The lowest BCUT2D eigenvalue weighted by Gasteiger charge is -2.21. The van der Waals surface area contributed by atoms with Crippen molar-refractivity contribution >= 4 is 27.5 Å². The van der Waals surface area contributed by atoms with E-state index in [0.29, 0.717) is 10.4 Å². The van der Waals surface area contributed by atoms with Crippen LogP contribution in [0.3, 0.4) is 0 Å². The van der Waals surface area contributed by atoms with E-state index < -0.39 is 0 Å². The van der Waals surface area contributed by atoms with Crippen molar-refractivity contribution in [1.29, 1.82) is 0 Å². The van der Waals surface area contributed by atoms with Crippen molar-refractivity contribution in [3.63, 3.8) is 0 Å². The van der Waals surface area contributed by atoms with Crippen molar-refractivity contribution in [2.24, 2.45) is 0 Å². The lowest BCUT2D eigenvalue weighted by molar-refractivity contribution is 0.0995. The molecule has 4 nitrogen and oxygen atoms in total. The molecular weight excluding hydrogens is 322 g/mol. The van der Waals surface area contributed by atoms with Gasteiger partial charge in [-0.25, -0.2) is 0 Å². The molecule has 2 rings (SSSR count). The van der Waals surface area contributed by atoms with Crippen molar-refractivity contribution in [2.75, 3.05) is 5.32 Å². The number of halogens is 1. The monoisotopic (exact) mass is 337 g/mol. The molecule has 0 radical (unpaired) electrons. The number of anilines is 1. The van der Waals surface area contributed by atoms with Gasteiger partial charge in [-0.15, -0.1) is 0 Å². The number of carbonyl (C=O) groups is 1. The van der Waals surface area contributed by atoms with Crippen molar-refractivity contribution in [1.82, 2.24) is 0 Å². The molecule has 1 amide bonds. The molecule has 0 aliphatic rings. The molecule has 0 saturated heterocycles. The predicted octanol–water partition coefficient (Wildman–Crippen LogP) is 4.47. The summed E-state index contributed by atoms with van der Waals surface area (Å²) in [5, 5.41) is 2.75. The van der Waals surface area contributed by atoms with Crippen molar-refractivity contribution in [3.8, 4) is 5.75 Å². The Morgan fingerprint density at radius 3 is 2.30 bits per heavy atom. The van der Waals surface area contributed by atoms with Crippen LogP contribution in [0.1, 0.15) is 31.3 Å². The average molecular weight is 338 g/mol. The van der Waals surface area contributed by atoms with Gasteiger partial charge in [0, 0.05) is 5.69 Å². The number of benzene rings is 1. The lowest BCUT2D eigenvalue weighted by Crippen LogP contribution is -2.22. The molecule has 1 heterocycles. The second-order valence-electron chi connectivity index (χ2n) is 5.30. The van der Waals surface area contributed by atoms with Gasteiger partial charge in [-0.05, 0) is 73.1 Å². The van der Waals surface area contributed by atoms with Crippen LogP contribution >= 0.6 is 15.9 Å². The number of carbonyl (C=O) groups excluding carboxylic acids is 1. The van der Waals surface area contributed by atoms with E-state index in [0.717, 1.165) is 5.75 Å². The minimum absolute atomic E-state index is 0.245. The van der Waals surface area contributed by atoms with Gasteiger partial charge in [-0.3, -0.25) is 4.79 Å². The van der Waals surface area contributed by atoms with E-state index in [2.05, 4.69) is 21.2 Å². The lowest BCUT2D eigenvalue weighted by atomic mass is 10.2. The highest BCUT2D eigenvalue weighted by molar-refractivity contribution is 9.10. The van der Waals surface area contributed by atoms with Crippen molar-refractivity contribution in [2.45, 2.75) is 26.4 Å². The van der Waals surface area contributed by atoms with Gasteiger partial charge >= 0.3 is 0 Å². The third-order valence-electron chi connectivity index (χ3n) is 2.33. The molecular formula is C15H16BrNO3. The highest BCUT2D eigenvalue weighted by atomic mass is 79.9. The molecule has 1 N–H and O–H groups in total. The summed E-state index contributed by atoms with van der Waals surface area (Å²) >= 11 is 3.16. The Morgan fingerprint density at radius 1 is 1.15 bits per heavy atom. The van der Waals surface area contributed by atoms with Crippen LogP contribution in [0.25, 0.3) is 0 Å². The molecule has 0 fully saturated rings. The fraction of sp³-hybridized carbons (Fsp3) is 0.267. The number of amides is 1. The van der Waals surface area contributed by atoms with Gasteiger partial charge in [0.05, 0.1) is 0 Å². The van der Waals surface area contributed by atoms with Crippen LogP contribution in [0.15, 0.2) is 45.5 Å². The van der Waals surface area contributed by atoms with Gasteiger partial charge < -0.3 is 14.5 Å². The Balaban J connectivity index is 2.02. The van der Waals surface area contributed by atoms with E-state index in [1.54, 1.807) is 24.3 Å².